The largest absolute Gasteiger partial charge is 0.508 e. The third-order valence-corrected chi connectivity index (χ3v) is 5.41. The van der Waals surface area contributed by atoms with E-state index in [0.717, 1.165) is 12.8 Å². The Morgan fingerprint density at radius 3 is 2.62 bits per heavy atom. The van der Waals surface area contributed by atoms with Crippen LogP contribution in [0.4, 0.5) is 5.82 Å². The predicted molar refractivity (Wildman–Crippen MR) is 103 cm³/mol. The van der Waals surface area contributed by atoms with Crippen molar-refractivity contribution in [2.24, 2.45) is 5.92 Å². The molecule has 9 heteroatoms. The Kier molecular flexibility index (Phi) is 5.30. The molecule has 1 amide bonds. The molecule has 0 spiro atoms. The smallest absolute Gasteiger partial charge is 0.309 e. The van der Waals surface area contributed by atoms with Gasteiger partial charge in [0.25, 0.3) is 5.91 Å². The van der Waals surface area contributed by atoms with Crippen LogP contribution in [0.3, 0.4) is 0 Å². The van der Waals surface area contributed by atoms with Crippen LogP contribution >= 0.6 is 0 Å². The van der Waals surface area contributed by atoms with Gasteiger partial charge in [-0.1, -0.05) is 12.1 Å². The Morgan fingerprint density at radius 2 is 1.93 bits per heavy atom. The summed E-state index contributed by atoms with van der Waals surface area (Å²) in [6.07, 6.45) is 4.78. The zero-order valence-electron chi connectivity index (χ0n) is 15.7. The Morgan fingerprint density at radius 1 is 1.14 bits per heavy atom. The molecule has 2 atom stereocenters. The lowest BCUT2D eigenvalue weighted by atomic mass is 10.0. The molecular weight excluding hydrogens is 376 g/mol. The van der Waals surface area contributed by atoms with Crippen LogP contribution in [0.25, 0.3) is 0 Å². The molecule has 2 unspecified atom stereocenters. The summed E-state index contributed by atoms with van der Waals surface area (Å²) in [7, 11) is 0. The number of carbonyl (C=O) groups is 2. The predicted octanol–water partition coefficient (Wildman–Crippen LogP) is 1.50. The number of aliphatic carboxylic acids is 1. The summed E-state index contributed by atoms with van der Waals surface area (Å²) in [6, 6.07) is 4.38. The summed E-state index contributed by atoms with van der Waals surface area (Å²) in [6.45, 7) is 1.41. The van der Waals surface area contributed by atoms with E-state index in [-0.39, 0.29) is 23.9 Å². The average molecular weight is 398 g/mol. The van der Waals surface area contributed by atoms with Gasteiger partial charge in [-0.05, 0) is 30.9 Å². The minimum Gasteiger partial charge on any atom is -0.508 e. The fraction of sp³-hybridized carbons (Fsp3) is 0.400. The number of aromatic hydroxyl groups is 1. The zero-order valence-corrected chi connectivity index (χ0v) is 15.7. The van der Waals surface area contributed by atoms with Crippen molar-refractivity contribution in [1.82, 2.24) is 15.3 Å². The molecule has 2 aliphatic rings. The standard InChI is InChI=1S/C20H22N4O5/c25-16-3-1-2-12-13(16)8-14(20(27)28)18(12)24-19(26)15-9-22-17(10-21-15)23-11-4-6-29-7-5-11/h1-3,9-11,14,18,25H,4-8H2,(H,22,23)(H,24,26)(H,27,28). The molecule has 2 aromatic rings. The van der Waals surface area contributed by atoms with Gasteiger partial charge in [0.2, 0.25) is 0 Å². The van der Waals surface area contributed by atoms with E-state index in [4.69, 9.17) is 4.74 Å². The van der Waals surface area contributed by atoms with Crippen molar-refractivity contribution in [3.05, 3.63) is 47.4 Å². The number of carboxylic acid groups (broad SMARTS) is 1. The first-order valence-corrected chi connectivity index (χ1v) is 9.53. The third kappa shape index (κ3) is 4.00. The summed E-state index contributed by atoms with van der Waals surface area (Å²) in [5, 5.41) is 25.6. The van der Waals surface area contributed by atoms with Gasteiger partial charge in [0.05, 0.1) is 24.4 Å². The number of nitrogens with zero attached hydrogens (tertiary/aromatic N) is 2. The van der Waals surface area contributed by atoms with Crippen molar-refractivity contribution in [2.75, 3.05) is 18.5 Å². The van der Waals surface area contributed by atoms with Gasteiger partial charge < -0.3 is 25.6 Å². The van der Waals surface area contributed by atoms with E-state index < -0.39 is 23.8 Å². The molecule has 0 bridgehead atoms. The van der Waals surface area contributed by atoms with Crippen LogP contribution in [0.15, 0.2) is 30.6 Å². The number of aromatic nitrogens is 2. The van der Waals surface area contributed by atoms with Gasteiger partial charge in [-0.3, -0.25) is 9.59 Å². The monoisotopic (exact) mass is 398 g/mol. The molecule has 9 nitrogen and oxygen atoms in total. The number of fused-ring (bicyclic) bond motifs is 1. The number of carboxylic acids is 1. The van der Waals surface area contributed by atoms with Crippen molar-refractivity contribution in [3.8, 4) is 5.75 Å². The molecular formula is C20H22N4O5. The maximum atomic E-state index is 12.7. The maximum Gasteiger partial charge on any atom is 0.309 e. The lowest BCUT2D eigenvalue weighted by Crippen LogP contribution is -2.35. The lowest BCUT2D eigenvalue weighted by Gasteiger charge is -2.23. The first-order valence-electron chi connectivity index (χ1n) is 9.53. The number of hydrogen-bond donors (Lipinski definition) is 4. The zero-order chi connectivity index (χ0) is 20.4. The fourth-order valence-electron chi connectivity index (χ4n) is 3.85. The highest BCUT2D eigenvalue weighted by Crippen LogP contribution is 2.40. The molecule has 4 rings (SSSR count). The highest BCUT2D eigenvalue weighted by atomic mass is 16.5. The van der Waals surface area contributed by atoms with Crippen LogP contribution < -0.4 is 10.6 Å². The summed E-state index contributed by atoms with van der Waals surface area (Å²) in [5.41, 5.74) is 1.25. The molecule has 29 heavy (non-hydrogen) atoms. The highest BCUT2D eigenvalue weighted by molar-refractivity contribution is 5.93. The third-order valence-electron chi connectivity index (χ3n) is 5.41. The molecule has 152 valence electrons. The van der Waals surface area contributed by atoms with E-state index in [1.807, 2.05) is 0 Å². The average Bonchev–Trinajstić information content (AvgIpc) is 3.09. The second-order valence-electron chi connectivity index (χ2n) is 7.26. The maximum absolute atomic E-state index is 12.7. The van der Waals surface area contributed by atoms with E-state index in [0.29, 0.717) is 30.2 Å². The SMILES string of the molecule is O=C(NC1c2cccc(O)c2CC1C(=O)O)c1cnc(NC2CCOCC2)cn1. The van der Waals surface area contributed by atoms with Crippen LogP contribution in [0.5, 0.6) is 5.75 Å². The van der Waals surface area contributed by atoms with Gasteiger partial charge in [0.1, 0.15) is 17.3 Å². The number of benzene rings is 1. The van der Waals surface area contributed by atoms with Gasteiger partial charge >= 0.3 is 5.97 Å². The molecule has 4 N–H and O–H groups in total. The number of hydrogen-bond acceptors (Lipinski definition) is 7. The minimum atomic E-state index is -1.03. The topological polar surface area (TPSA) is 134 Å². The summed E-state index contributed by atoms with van der Waals surface area (Å²) in [4.78, 5) is 32.7. The molecule has 1 aliphatic heterocycles. The Hall–Kier alpha value is -3.20. The first kappa shape index (κ1) is 19.1. The van der Waals surface area contributed by atoms with Crippen LogP contribution in [-0.2, 0) is 16.0 Å². The molecule has 0 saturated carbocycles. The molecule has 1 aromatic carbocycles. The molecule has 1 fully saturated rings. The number of rotatable bonds is 5. The second kappa shape index (κ2) is 8.04. The highest BCUT2D eigenvalue weighted by Gasteiger charge is 2.39. The molecule has 1 saturated heterocycles. The summed E-state index contributed by atoms with van der Waals surface area (Å²) >= 11 is 0. The number of amides is 1. The number of ether oxygens (including phenoxy) is 1. The fourth-order valence-corrected chi connectivity index (χ4v) is 3.85. The second-order valence-corrected chi connectivity index (χ2v) is 7.26. The molecule has 1 aliphatic carbocycles. The van der Waals surface area contributed by atoms with Crippen molar-refractivity contribution in [3.63, 3.8) is 0 Å². The summed E-state index contributed by atoms with van der Waals surface area (Å²) in [5.74, 6) is -1.79. The van der Waals surface area contributed by atoms with Crippen molar-refractivity contribution >= 4 is 17.7 Å². The minimum absolute atomic E-state index is 0.0360. The van der Waals surface area contributed by atoms with Gasteiger partial charge in [0.15, 0.2) is 0 Å². The van der Waals surface area contributed by atoms with Gasteiger partial charge in [-0.15, -0.1) is 0 Å². The molecule has 1 aromatic heterocycles. The number of phenolic OH excluding ortho intramolecular Hbond substituents is 1. The lowest BCUT2D eigenvalue weighted by molar-refractivity contribution is -0.142. The Bertz CT molecular complexity index is 912. The first-order chi connectivity index (χ1) is 14.0. The van der Waals surface area contributed by atoms with E-state index in [1.54, 1.807) is 12.1 Å². The van der Waals surface area contributed by atoms with Gasteiger partial charge in [-0.25, -0.2) is 9.97 Å². The van der Waals surface area contributed by atoms with Crippen LogP contribution in [0.1, 0.15) is 40.5 Å². The van der Waals surface area contributed by atoms with E-state index in [2.05, 4.69) is 20.6 Å². The number of phenols is 1. The quantitative estimate of drug-likeness (QED) is 0.595. The van der Waals surface area contributed by atoms with E-state index >= 15 is 0 Å². The van der Waals surface area contributed by atoms with Crippen molar-refractivity contribution < 1.29 is 24.5 Å². The van der Waals surface area contributed by atoms with Gasteiger partial charge in [0, 0.05) is 24.8 Å². The normalized spacial score (nSPS) is 21.4. The van der Waals surface area contributed by atoms with Crippen LogP contribution in [-0.4, -0.2) is 51.3 Å². The molecule has 2 heterocycles. The van der Waals surface area contributed by atoms with Gasteiger partial charge in [-0.2, -0.15) is 0 Å². The van der Waals surface area contributed by atoms with Crippen molar-refractivity contribution in [2.45, 2.75) is 31.3 Å². The van der Waals surface area contributed by atoms with E-state index in [9.17, 15) is 19.8 Å². The Labute approximate surface area is 167 Å². The van der Waals surface area contributed by atoms with E-state index in [1.165, 1.54) is 18.5 Å². The van der Waals surface area contributed by atoms with Crippen LogP contribution in [0.2, 0.25) is 0 Å². The number of anilines is 1. The van der Waals surface area contributed by atoms with Crippen LogP contribution in [0, 0.1) is 5.92 Å². The Balaban J connectivity index is 1.47. The molecule has 0 radical (unpaired) electrons. The summed E-state index contributed by atoms with van der Waals surface area (Å²) < 4.78 is 5.32. The number of carbonyl (C=O) groups excluding carboxylic acids is 1. The van der Waals surface area contributed by atoms with Crippen molar-refractivity contribution in [1.29, 1.82) is 0 Å². The number of nitrogens with one attached hydrogen (secondary N) is 2.